The number of ether oxygens (including phenoxy) is 1. The molecule has 0 radical (unpaired) electrons. The standard InChI is InChI=1S/C28H30N6O5S/c1-28(2,26-31-20-6-4-17(12-22(20)40-26)39-18-9-10-29-13-18)33-27(38)30-16-3-5-19-15(11-16)14-34(25(19)37)21-7-8-23(35)32-24(21)36/h3-6,11-12,18,21,29H,7-10,13-14H2,1-2H3,(H2,30,33,38)(H,32,35,36). The number of rotatable bonds is 6. The molecule has 0 aliphatic carbocycles. The molecule has 0 spiro atoms. The van der Waals surface area contributed by atoms with Gasteiger partial charge >= 0.3 is 6.03 Å². The summed E-state index contributed by atoms with van der Waals surface area (Å²) < 4.78 is 7.06. The van der Waals surface area contributed by atoms with Crippen LogP contribution in [-0.4, -0.2) is 58.9 Å². The first kappa shape index (κ1) is 26.2. The summed E-state index contributed by atoms with van der Waals surface area (Å²) in [5, 5.41) is 12.2. The van der Waals surface area contributed by atoms with Crippen LogP contribution in [0, 0.1) is 0 Å². The Balaban J connectivity index is 1.11. The Morgan fingerprint density at radius 1 is 1.15 bits per heavy atom. The monoisotopic (exact) mass is 562 g/mol. The van der Waals surface area contributed by atoms with Crippen LogP contribution in [0.3, 0.4) is 0 Å². The molecule has 2 aromatic carbocycles. The van der Waals surface area contributed by atoms with E-state index in [-0.39, 0.29) is 30.9 Å². The largest absolute Gasteiger partial charge is 0.489 e. The van der Waals surface area contributed by atoms with Gasteiger partial charge in [0.1, 0.15) is 22.9 Å². The van der Waals surface area contributed by atoms with Crippen LogP contribution in [-0.2, 0) is 21.7 Å². The van der Waals surface area contributed by atoms with Crippen LogP contribution in [0.2, 0.25) is 0 Å². The van der Waals surface area contributed by atoms with Gasteiger partial charge < -0.3 is 25.6 Å². The number of piperidine rings is 1. The molecule has 6 rings (SSSR count). The second kappa shape index (κ2) is 10.2. The minimum atomic E-state index is -0.751. The summed E-state index contributed by atoms with van der Waals surface area (Å²) in [6.45, 7) is 5.83. The van der Waals surface area contributed by atoms with Gasteiger partial charge in [0.2, 0.25) is 11.8 Å². The second-order valence-electron chi connectivity index (χ2n) is 10.9. The lowest BCUT2D eigenvalue weighted by Crippen LogP contribution is -2.52. The highest BCUT2D eigenvalue weighted by Gasteiger charge is 2.39. The lowest BCUT2D eigenvalue weighted by Gasteiger charge is -2.29. The van der Waals surface area contributed by atoms with Crippen LogP contribution in [0.5, 0.6) is 5.75 Å². The van der Waals surface area contributed by atoms with Gasteiger partial charge in [-0.3, -0.25) is 19.7 Å². The molecule has 208 valence electrons. The van der Waals surface area contributed by atoms with Crippen molar-refractivity contribution >= 4 is 51.0 Å². The molecule has 2 fully saturated rings. The Morgan fingerprint density at radius 2 is 2.00 bits per heavy atom. The molecule has 0 saturated carbocycles. The van der Waals surface area contributed by atoms with Gasteiger partial charge in [-0.15, -0.1) is 11.3 Å². The van der Waals surface area contributed by atoms with Gasteiger partial charge in [-0.2, -0.15) is 0 Å². The van der Waals surface area contributed by atoms with Crippen molar-refractivity contribution in [3.05, 3.63) is 52.5 Å². The van der Waals surface area contributed by atoms with Crippen LogP contribution in [0.15, 0.2) is 36.4 Å². The fraction of sp³-hybridized carbons (Fsp3) is 0.393. The average Bonchev–Trinajstić information content (AvgIpc) is 3.63. The fourth-order valence-electron chi connectivity index (χ4n) is 5.32. The molecule has 40 heavy (non-hydrogen) atoms. The molecule has 0 bridgehead atoms. The van der Waals surface area contributed by atoms with Crippen molar-refractivity contribution < 1.29 is 23.9 Å². The number of hydrogen-bond acceptors (Lipinski definition) is 8. The Morgan fingerprint density at radius 3 is 2.77 bits per heavy atom. The first-order valence-electron chi connectivity index (χ1n) is 13.3. The highest BCUT2D eigenvalue weighted by atomic mass is 32.1. The summed E-state index contributed by atoms with van der Waals surface area (Å²) in [6.07, 6.45) is 1.65. The summed E-state index contributed by atoms with van der Waals surface area (Å²) in [6, 6.07) is 9.82. The van der Waals surface area contributed by atoms with Crippen molar-refractivity contribution in [3.63, 3.8) is 0 Å². The number of nitrogens with zero attached hydrogens (tertiary/aromatic N) is 2. The molecule has 4 N–H and O–H groups in total. The van der Waals surface area contributed by atoms with Gasteiger partial charge in [0, 0.05) is 30.8 Å². The Bertz CT molecular complexity index is 1530. The molecule has 2 atom stereocenters. The number of urea groups is 1. The van der Waals surface area contributed by atoms with Crippen LogP contribution >= 0.6 is 11.3 Å². The maximum absolute atomic E-state index is 13.0. The Labute approximate surface area is 234 Å². The number of thiazole rings is 1. The molecule has 1 aromatic heterocycles. The van der Waals surface area contributed by atoms with Crippen LogP contribution in [0.4, 0.5) is 10.5 Å². The van der Waals surface area contributed by atoms with E-state index in [1.807, 2.05) is 32.0 Å². The third-order valence-electron chi connectivity index (χ3n) is 7.42. The molecule has 3 aromatic rings. The van der Waals surface area contributed by atoms with E-state index in [2.05, 4.69) is 21.3 Å². The number of carbonyl (C=O) groups excluding carboxylic acids is 4. The molecule has 4 heterocycles. The quantitative estimate of drug-likeness (QED) is 0.339. The van der Waals surface area contributed by atoms with Crippen molar-refractivity contribution in [3.8, 4) is 5.75 Å². The molecule has 5 amide bonds. The molecule has 12 heteroatoms. The van der Waals surface area contributed by atoms with Gasteiger partial charge in [-0.1, -0.05) is 0 Å². The number of hydrogen-bond donors (Lipinski definition) is 4. The minimum absolute atomic E-state index is 0.171. The number of anilines is 1. The highest BCUT2D eigenvalue weighted by molar-refractivity contribution is 7.18. The van der Waals surface area contributed by atoms with Crippen molar-refractivity contribution in [2.75, 3.05) is 18.4 Å². The molecule has 2 saturated heterocycles. The van der Waals surface area contributed by atoms with Crippen molar-refractivity contribution in [2.24, 2.45) is 0 Å². The van der Waals surface area contributed by atoms with E-state index in [1.165, 1.54) is 16.2 Å². The summed E-state index contributed by atoms with van der Waals surface area (Å²) in [5.74, 6) is -0.230. The van der Waals surface area contributed by atoms with E-state index < -0.39 is 23.5 Å². The van der Waals surface area contributed by atoms with Crippen LogP contribution < -0.4 is 26.0 Å². The first-order valence-corrected chi connectivity index (χ1v) is 14.1. The third kappa shape index (κ3) is 5.11. The van der Waals surface area contributed by atoms with E-state index in [4.69, 9.17) is 9.72 Å². The maximum atomic E-state index is 13.0. The maximum Gasteiger partial charge on any atom is 0.319 e. The highest BCUT2D eigenvalue weighted by Crippen LogP contribution is 2.33. The molecule has 3 aliphatic heterocycles. The van der Waals surface area contributed by atoms with Crippen molar-refractivity contribution in [1.82, 2.24) is 25.8 Å². The number of benzene rings is 2. The topological polar surface area (TPSA) is 142 Å². The molecular weight excluding hydrogens is 532 g/mol. The van der Waals surface area contributed by atoms with Crippen LogP contribution in [0.1, 0.15) is 54.0 Å². The summed E-state index contributed by atoms with van der Waals surface area (Å²) in [7, 11) is 0. The van der Waals surface area contributed by atoms with Gasteiger partial charge in [-0.25, -0.2) is 9.78 Å². The van der Waals surface area contributed by atoms with Gasteiger partial charge in [0.15, 0.2) is 0 Å². The normalized spacial score (nSPS) is 20.9. The first-order chi connectivity index (χ1) is 19.2. The van der Waals surface area contributed by atoms with Crippen LogP contribution in [0.25, 0.3) is 10.2 Å². The average molecular weight is 563 g/mol. The van der Waals surface area contributed by atoms with Crippen molar-refractivity contribution in [2.45, 2.75) is 57.3 Å². The Kier molecular flexibility index (Phi) is 6.67. The number of amides is 5. The van der Waals surface area contributed by atoms with E-state index >= 15 is 0 Å². The van der Waals surface area contributed by atoms with Gasteiger partial charge in [0.05, 0.1) is 15.8 Å². The second-order valence-corrected chi connectivity index (χ2v) is 11.9. The Hall–Kier alpha value is -4.03. The minimum Gasteiger partial charge on any atom is -0.489 e. The van der Waals surface area contributed by atoms with Crippen molar-refractivity contribution in [1.29, 1.82) is 0 Å². The van der Waals surface area contributed by atoms with E-state index in [0.29, 0.717) is 23.2 Å². The SMILES string of the molecule is CC(C)(NC(=O)Nc1ccc2c(c1)CN(C1CCC(=O)NC1=O)C2=O)c1nc2ccc(OC3CCNC3)cc2s1. The number of carbonyl (C=O) groups is 4. The zero-order chi connectivity index (χ0) is 28.0. The molecular formula is C28H30N6O5S. The zero-order valence-corrected chi connectivity index (χ0v) is 23.0. The number of nitrogens with one attached hydrogen (secondary N) is 4. The van der Waals surface area contributed by atoms with Gasteiger partial charge in [-0.05, 0) is 75.2 Å². The van der Waals surface area contributed by atoms with Gasteiger partial charge in [0.25, 0.3) is 5.91 Å². The predicted octanol–water partition coefficient (Wildman–Crippen LogP) is 2.85. The lowest BCUT2D eigenvalue weighted by atomic mass is 10.0. The molecule has 3 aliphatic rings. The number of imide groups is 1. The summed E-state index contributed by atoms with van der Waals surface area (Å²) in [5.41, 5.74) is 1.82. The third-order valence-corrected chi connectivity index (χ3v) is 8.76. The zero-order valence-electron chi connectivity index (χ0n) is 22.2. The molecule has 11 nitrogen and oxygen atoms in total. The number of fused-ring (bicyclic) bond motifs is 2. The summed E-state index contributed by atoms with van der Waals surface area (Å²) in [4.78, 5) is 55.9. The predicted molar refractivity (Wildman–Crippen MR) is 149 cm³/mol. The summed E-state index contributed by atoms with van der Waals surface area (Å²) >= 11 is 1.51. The van der Waals surface area contributed by atoms with E-state index in [1.54, 1.807) is 18.2 Å². The van der Waals surface area contributed by atoms with E-state index in [0.717, 1.165) is 40.5 Å². The smallest absolute Gasteiger partial charge is 0.319 e. The number of aromatic nitrogens is 1. The molecule has 2 unspecified atom stereocenters. The lowest BCUT2D eigenvalue weighted by molar-refractivity contribution is -0.136. The van der Waals surface area contributed by atoms with E-state index in [9.17, 15) is 19.2 Å². The fourth-order valence-corrected chi connectivity index (χ4v) is 6.37.